The molecule has 0 aromatic carbocycles. The molecule has 4 nitrogen and oxygen atoms in total. The van der Waals surface area contributed by atoms with Crippen LogP contribution in [-0.2, 0) is 14.4 Å². The molecule has 0 aromatic rings. The number of piperazine rings is 1. The minimum absolute atomic E-state index is 0.250. The summed E-state index contributed by atoms with van der Waals surface area (Å²) in [4.78, 5) is 2.26. The molecular weight excluding hydrogens is 236 g/mol. The third-order valence-electron chi connectivity index (χ3n) is 2.99. The molecule has 1 rings (SSSR count). The maximum absolute atomic E-state index is 12.4. The molecule has 1 unspecified atom stereocenters. The van der Waals surface area contributed by atoms with Gasteiger partial charge in [0.15, 0.2) is 0 Å². The van der Waals surface area contributed by atoms with Gasteiger partial charge in [-0.2, -0.15) is 0 Å². The summed E-state index contributed by atoms with van der Waals surface area (Å²) < 4.78 is 19.9. The highest BCUT2D eigenvalue weighted by Gasteiger charge is 2.20. The minimum atomic E-state index is -2.08. The average Bonchev–Trinajstić information content (AvgIpc) is 2.25. The van der Waals surface area contributed by atoms with Crippen LogP contribution < -0.4 is 0 Å². The van der Waals surface area contributed by atoms with Crippen molar-refractivity contribution in [3.05, 3.63) is 0 Å². The summed E-state index contributed by atoms with van der Waals surface area (Å²) in [5, 5.41) is 0. The highest BCUT2D eigenvalue weighted by atomic mass is 32.2. The monoisotopic (exact) mass is 262 g/mol. The van der Waals surface area contributed by atoms with Gasteiger partial charge >= 0.3 is 0 Å². The van der Waals surface area contributed by atoms with Gasteiger partial charge in [-0.25, -0.2) is 4.31 Å². The maximum Gasteiger partial charge on any atom is 0.0518 e. The zero-order chi connectivity index (χ0) is 12.9. The molecule has 0 N–H and O–H groups in total. The summed E-state index contributed by atoms with van der Waals surface area (Å²) >= 11 is 0. The van der Waals surface area contributed by atoms with E-state index in [9.17, 15) is 4.21 Å². The van der Waals surface area contributed by atoms with Gasteiger partial charge in [-0.15, -0.1) is 0 Å². The molecule has 0 aliphatic carbocycles. The Morgan fingerprint density at radius 3 is 2.41 bits per heavy atom. The van der Waals surface area contributed by atoms with E-state index in [2.05, 4.69) is 17.8 Å². The number of hydrogen-bond acceptors (Lipinski definition) is 3. The van der Waals surface area contributed by atoms with Crippen molar-refractivity contribution in [2.45, 2.75) is 26.4 Å². The van der Waals surface area contributed by atoms with Gasteiger partial charge in [-0.1, -0.05) is 0 Å². The summed E-state index contributed by atoms with van der Waals surface area (Å²) in [5.41, 5.74) is 0. The Balaban J connectivity index is 2.30. The molecule has 0 bridgehead atoms. The molecule has 0 aromatic heterocycles. The fourth-order valence-electron chi connectivity index (χ4n) is 1.85. The molecule has 0 amide bonds. The first-order valence-corrected chi connectivity index (χ1v) is 8.17. The van der Waals surface area contributed by atoms with Crippen molar-refractivity contribution < 1.29 is 8.95 Å². The summed E-state index contributed by atoms with van der Waals surface area (Å²) in [6.07, 6.45) is 1.08. The van der Waals surface area contributed by atoms with Crippen LogP contribution in [0.1, 0.15) is 20.3 Å². The Bertz CT molecular complexity index is 306. The summed E-state index contributed by atoms with van der Waals surface area (Å²) in [6.45, 7) is 8.40. The van der Waals surface area contributed by atoms with E-state index in [1.807, 2.05) is 18.2 Å². The molecule has 1 heterocycles. The van der Waals surface area contributed by atoms with Gasteiger partial charge in [0, 0.05) is 48.2 Å². The van der Waals surface area contributed by atoms with E-state index in [0.29, 0.717) is 12.4 Å². The molecule has 1 fully saturated rings. The third-order valence-corrected chi connectivity index (χ3v) is 5.22. The minimum Gasteiger partial charge on any atom is -0.379 e. The number of ether oxygens (including phenoxy) is 1. The summed E-state index contributed by atoms with van der Waals surface area (Å²) in [5.74, 6) is 4.56. The smallest absolute Gasteiger partial charge is 0.0518 e. The van der Waals surface area contributed by atoms with Crippen LogP contribution in [-0.4, -0.2) is 71.0 Å². The maximum atomic E-state index is 12.4. The Hall–Kier alpha value is -0.100. The van der Waals surface area contributed by atoms with Crippen LogP contribution in [0.5, 0.6) is 0 Å². The molecular formula is C12H26N2O2S. The first kappa shape index (κ1) is 15.0. The lowest BCUT2D eigenvalue weighted by molar-refractivity contribution is 0.0797. The van der Waals surface area contributed by atoms with Gasteiger partial charge in [0.05, 0.1) is 6.10 Å². The van der Waals surface area contributed by atoms with Gasteiger partial charge in [0.1, 0.15) is 0 Å². The molecule has 102 valence electrons. The number of hydrogen-bond donors (Lipinski definition) is 0. The third kappa shape index (κ3) is 5.38. The van der Waals surface area contributed by atoms with E-state index in [1.54, 1.807) is 0 Å². The molecule has 0 saturated carbocycles. The Kier molecular flexibility index (Phi) is 5.92. The van der Waals surface area contributed by atoms with Gasteiger partial charge < -0.3 is 9.64 Å². The van der Waals surface area contributed by atoms with Crippen LogP contribution in [0, 0.1) is 0 Å². The predicted molar refractivity (Wildman–Crippen MR) is 74.9 cm³/mol. The molecule has 1 atom stereocenters. The summed E-state index contributed by atoms with van der Waals surface area (Å²) in [6, 6.07) is 0. The summed E-state index contributed by atoms with van der Waals surface area (Å²) in [7, 11) is 0.0179. The molecule has 1 aliphatic heterocycles. The lowest BCUT2D eigenvalue weighted by Crippen LogP contribution is -2.47. The van der Waals surface area contributed by atoms with Crippen molar-refractivity contribution in [1.82, 2.24) is 9.21 Å². The quantitative estimate of drug-likeness (QED) is 0.521. The topological polar surface area (TPSA) is 32.8 Å². The normalized spacial score (nSPS) is 22.8. The van der Waals surface area contributed by atoms with Crippen LogP contribution in [0.3, 0.4) is 0 Å². The van der Waals surface area contributed by atoms with Gasteiger partial charge in [0.2, 0.25) is 0 Å². The molecule has 0 radical (unpaired) electrons. The molecule has 0 spiro atoms. The van der Waals surface area contributed by atoms with Crippen molar-refractivity contribution in [2.24, 2.45) is 0 Å². The van der Waals surface area contributed by atoms with Crippen LogP contribution in [0.15, 0.2) is 0 Å². The van der Waals surface area contributed by atoms with Crippen LogP contribution >= 0.6 is 0 Å². The standard InChI is InChI=1S/C12H26N2O2S/c1-12(2)16-10-5-11-17(4,15)14-8-6-13(3)7-9-14/h12H,4-11H2,1-3H3. The fourth-order valence-corrected chi connectivity index (χ4v) is 3.51. The van der Waals surface area contributed by atoms with E-state index in [4.69, 9.17) is 4.74 Å². The van der Waals surface area contributed by atoms with Gasteiger partial charge in [-0.05, 0) is 33.2 Å². The predicted octanol–water partition coefficient (Wildman–Crippen LogP) is 0.680. The average molecular weight is 262 g/mol. The second-order valence-corrected chi connectivity index (χ2v) is 7.45. The van der Waals surface area contributed by atoms with Crippen molar-refractivity contribution in [3.8, 4) is 0 Å². The number of nitrogens with zero attached hydrogens (tertiary/aromatic N) is 2. The van der Waals surface area contributed by atoms with Crippen LogP contribution in [0.2, 0.25) is 0 Å². The first-order chi connectivity index (χ1) is 7.92. The van der Waals surface area contributed by atoms with Crippen molar-refractivity contribution >= 4 is 15.6 Å². The van der Waals surface area contributed by atoms with Crippen LogP contribution in [0.25, 0.3) is 0 Å². The number of likely N-dealkylation sites (N-methyl/N-ethyl adjacent to an activating group) is 1. The van der Waals surface area contributed by atoms with Gasteiger partial charge in [-0.3, -0.25) is 4.21 Å². The van der Waals surface area contributed by atoms with E-state index >= 15 is 0 Å². The second kappa shape index (κ2) is 6.73. The zero-order valence-corrected chi connectivity index (χ0v) is 12.2. The second-order valence-electron chi connectivity index (χ2n) is 4.98. The largest absolute Gasteiger partial charge is 0.379 e. The van der Waals surface area contributed by atoms with E-state index in [1.165, 1.54) is 0 Å². The Morgan fingerprint density at radius 2 is 1.88 bits per heavy atom. The SMILES string of the molecule is C=S(=O)(CCCOC(C)C)N1CCN(C)CC1. The molecule has 1 saturated heterocycles. The highest BCUT2D eigenvalue weighted by Crippen LogP contribution is 2.08. The molecule has 1 aliphatic rings. The Morgan fingerprint density at radius 1 is 1.29 bits per heavy atom. The Labute approximate surface area is 106 Å². The van der Waals surface area contributed by atoms with E-state index in [-0.39, 0.29) is 6.10 Å². The zero-order valence-electron chi connectivity index (χ0n) is 11.4. The lowest BCUT2D eigenvalue weighted by Gasteiger charge is -2.34. The van der Waals surface area contributed by atoms with Crippen molar-refractivity contribution in [2.75, 3.05) is 45.6 Å². The van der Waals surface area contributed by atoms with E-state index in [0.717, 1.165) is 32.6 Å². The molecule has 17 heavy (non-hydrogen) atoms. The van der Waals surface area contributed by atoms with Crippen molar-refractivity contribution in [1.29, 1.82) is 0 Å². The van der Waals surface area contributed by atoms with E-state index < -0.39 is 9.71 Å². The molecule has 5 heteroatoms. The number of rotatable bonds is 6. The first-order valence-electron chi connectivity index (χ1n) is 6.32. The fraction of sp³-hybridized carbons (Fsp3) is 0.917. The van der Waals surface area contributed by atoms with Crippen LogP contribution in [0.4, 0.5) is 0 Å². The highest BCUT2D eigenvalue weighted by molar-refractivity contribution is 7.98. The van der Waals surface area contributed by atoms with Crippen molar-refractivity contribution in [3.63, 3.8) is 0 Å². The lowest BCUT2D eigenvalue weighted by atomic mass is 10.4. The van der Waals surface area contributed by atoms with Gasteiger partial charge in [0.25, 0.3) is 0 Å².